The van der Waals surface area contributed by atoms with Gasteiger partial charge >= 0.3 is 0 Å². The van der Waals surface area contributed by atoms with Crippen molar-refractivity contribution in [1.29, 1.82) is 0 Å². The molecule has 0 saturated carbocycles. The van der Waals surface area contributed by atoms with E-state index in [4.69, 9.17) is 4.74 Å². The van der Waals surface area contributed by atoms with E-state index in [1.54, 1.807) is 13.2 Å². The summed E-state index contributed by atoms with van der Waals surface area (Å²) in [6, 6.07) is 2.08. The fourth-order valence-electron chi connectivity index (χ4n) is 2.64. The second kappa shape index (κ2) is 12.5. The molecule has 0 aliphatic rings. The van der Waals surface area contributed by atoms with Crippen LogP contribution in [-0.2, 0) is 24.3 Å². The van der Waals surface area contributed by atoms with Crippen LogP contribution in [0.4, 0.5) is 0 Å². The van der Waals surface area contributed by atoms with Crippen LogP contribution in [0.5, 0.6) is 5.75 Å². The van der Waals surface area contributed by atoms with Crippen LogP contribution in [0.3, 0.4) is 0 Å². The van der Waals surface area contributed by atoms with E-state index in [2.05, 4.69) is 51.2 Å². The van der Waals surface area contributed by atoms with Crippen molar-refractivity contribution in [2.24, 2.45) is 0 Å². The van der Waals surface area contributed by atoms with E-state index in [0.29, 0.717) is 6.54 Å². The van der Waals surface area contributed by atoms with Crippen molar-refractivity contribution in [1.82, 2.24) is 5.32 Å². The molecule has 1 aromatic rings. The molecule has 0 heterocycles. The van der Waals surface area contributed by atoms with Gasteiger partial charge in [0.25, 0.3) is 0 Å². The van der Waals surface area contributed by atoms with Crippen LogP contribution in [0.2, 0.25) is 0 Å². The fraction of sp³-hybridized carbons (Fsp3) is 0.348. The summed E-state index contributed by atoms with van der Waals surface area (Å²) in [5, 5.41) is 2.75. The number of nitrogens with one attached hydrogen (secondary N) is 1. The Bertz CT molecular complexity index is 771. The van der Waals surface area contributed by atoms with Crippen molar-refractivity contribution in [2.45, 2.75) is 41.5 Å². The number of benzene rings is 1. The third-order valence-electron chi connectivity index (χ3n) is 4.27. The van der Waals surface area contributed by atoms with Gasteiger partial charge in [0.2, 0.25) is 5.91 Å². The Morgan fingerprint density at radius 2 is 1.78 bits per heavy atom. The number of methoxy groups -OCH3 is 1. The van der Waals surface area contributed by atoms with Gasteiger partial charge in [-0.1, -0.05) is 36.0 Å². The summed E-state index contributed by atoms with van der Waals surface area (Å²) >= 11 is 0. The number of hydrogen-bond donors (Lipinski definition) is 1. The molecule has 142 valence electrons. The molecule has 27 heavy (non-hydrogen) atoms. The molecule has 4 heteroatoms. The van der Waals surface area contributed by atoms with Gasteiger partial charge in [-0.05, 0) is 75.4 Å². The first kappa shape index (κ1) is 25.1. The van der Waals surface area contributed by atoms with Crippen molar-refractivity contribution in [3.8, 4) is 5.75 Å². The van der Waals surface area contributed by atoms with Crippen LogP contribution in [0.15, 0.2) is 47.6 Å². The molecule has 0 saturated heterocycles. The molecule has 0 spiro atoms. The van der Waals surface area contributed by atoms with Crippen molar-refractivity contribution in [2.75, 3.05) is 13.7 Å². The summed E-state index contributed by atoms with van der Waals surface area (Å²) in [6.45, 7) is 12.8. The van der Waals surface area contributed by atoms with Crippen molar-refractivity contribution < 1.29 is 29.0 Å². The molecule has 1 N–H and O–H groups in total. The smallest absolute Gasteiger partial charge is 0.244 e. The van der Waals surface area contributed by atoms with Gasteiger partial charge in [0, 0.05) is 32.1 Å². The number of allylic oxidation sites excluding steroid dienone is 6. The number of likely N-dealkylation sites (N-methyl/N-ethyl adjacent to an activating group) is 1. The van der Waals surface area contributed by atoms with E-state index in [1.807, 2.05) is 32.1 Å². The maximum Gasteiger partial charge on any atom is 0.244 e. The average molecular weight is 419 g/mol. The van der Waals surface area contributed by atoms with Gasteiger partial charge in [0.1, 0.15) is 5.75 Å². The Hall–Kier alpha value is -1.93. The molecular formula is C23H31NO2Zn. The molecule has 0 fully saturated rings. The Balaban J connectivity index is 0.00000676. The Kier molecular flexibility index (Phi) is 11.6. The maximum absolute atomic E-state index is 11.5. The first-order valence-corrected chi connectivity index (χ1v) is 8.94. The SMILES string of the molecule is CCNC(=O)/C=C(C)/C=C/C=C(C)/C=C/c1c(C)cc(OC)c(C)c1C.[Zn]. The fourth-order valence-corrected chi connectivity index (χ4v) is 2.64. The standard InChI is InChI=1S/C23H31NO2.Zn/c1-8-24-23(25)14-17(3)11-9-10-16(2)12-13-21-18(4)15-22(26-7)20(6)19(21)5;/h9-15H,8H2,1-7H3,(H,24,25);/b11-9+,13-12+,16-10+,17-14+;. The zero-order valence-electron chi connectivity index (χ0n) is 17.8. The minimum Gasteiger partial charge on any atom is -0.496 e. The molecule has 0 atom stereocenters. The predicted molar refractivity (Wildman–Crippen MR) is 112 cm³/mol. The number of hydrogen-bond acceptors (Lipinski definition) is 2. The minimum atomic E-state index is -0.0592. The molecule has 0 unspecified atom stereocenters. The van der Waals surface area contributed by atoms with Gasteiger partial charge in [-0.15, -0.1) is 0 Å². The van der Waals surface area contributed by atoms with Gasteiger partial charge in [0.15, 0.2) is 0 Å². The normalized spacial score (nSPS) is 12.4. The van der Waals surface area contributed by atoms with Gasteiger partial charge in [-0.2, -0.15) is 0 Å². The van der Waals surface area contributed by atoms with E-state index >= 15 is 0 Å². The van der Waals surface area contributed by atoms with Crippen molar-refractivity contribution >= 4 is 12.0 Å². The van der Waals surface area contributed by atoms with Gasteiger partial charge in [-0.3, -0.25) is 4.79 Å². The number of aryl methyl sites for hydroxylation is 1. The van der Waals surface area contributed by atoms with Crippen LogP contribution in [0, 0.1) is 20.8 Å². The molecule has 0 aliphatic carbocycles. The predicted octanol–water partition coefficient (Wildman–Crippen LogP) is 5.22. The van der Waals surface area contributed by atoms with Crippen molar-refractivity contribution in [3.05, 3.63) is 69.8 Å². The van der Waals surface area contributed by atoms with E-state index in [-0.39, 0.29) is 25.4 Å². The first-order valence-electron chi connectivity index (χ1n) is 8.94. The molecule has 1 amide bonds. The Morgan fingerprint density at radius 3 is 2.37 bits per heavy atom. The molecule has 0 radical (unpaired) electrons. The zero-order valence-corrected chi connectivity index (χ0v) is 20.7. The summed E-state index contributed by atoms with van der Waals surface area (Å²) < 4.78 is 5.43. The third kappa shape index (κ3) is 8.09. The third-order valence-corrected chi connectivity index (χ3v) is 4.27. The van der Waals surface area contributed by atoms with Crippen LogP contribution in [-0.4, -0.2) is 19.6 Å². The number of amides is 1. The molecule has 1 rings (SSSR count). The Labute approximate surface area is 177 Å². The Morgan fingerprint density at radius 1 is 1.11 bits per heavy atom. The second-order valence-electron chi connectivity index (χ2n) is 6.45. The summed E-state index contributed by atoms with van der Waals surface area (Å²) in [4.78, 5) is 11.5. The van der Waals surface area contributed by atoms with E-state index in [9.17, 15) is 4.79 Å². The van der Waals surface area contributed by atoms with Crippen LogP contribution in [0.1, 0.15) is 43.0 Å². The summed E-state index contributed by atoms with van der Waals surface area (Å²) in [5.41, 5.74) is 6.89. The van der Waals surface area contributed by atoms with Gasteiger partial charge < -0.3 is 10.1 Å². The second-order valence-corrected chi connectivity index (χ2v) is 6.45. The number of rotatable bonds is 7. The first-order chi connectivity index (χ1) is 12.3. The molecular weight excluding hydrogens is 388 g/mol. The van der Waals surface area contributed by atoms with E-state index in [1.165, 1.54) is 22.3 Å². The summed E-state index contributed by atoms with van der Waals surface area (Å²) in [6.07, 6.45) is 11.8. The number of ether oxygens (including phenoxy) is 1. The average Bonchev–Trinajstić information content (AvgIpc) is 2.58. The molecule has 3 nitrogen and oxygen atoms in total. The molecule has 0 aliphatic heterocycles. The van der Waals surface area contributed by atoms with Gasteiger partial charge in [-0.25, -0.2) is 0 Å². The maximum atomic E-state index is 11.5. The summed E-state index contributed by atoms with van der Waals surface area (Å²) in [5.74, 6) is 0.873. The van der Waals surface area contributed by atoms with Gasteiger partial charge in [0.05, 0.1) is 7.11 Å². The quantitative estimate of drug-likeness (QED) is 0.374. The molecule has 0 bridgehead atoms. The number of carbonyl (C=O) groups is 1. The molecule has 1 aromatic carbocycles. The summed E-state index contributed by atoms with van der Waals surface area (Å²) in [7, 11) is 1.71. The van der Waals surface area contributed by atoms with Crippen LogP contribution in [0.25, 0.3) is 6.08 Å². The van der Waals surface area contributed by atoms with E-state index < -0.39 is 0 Å². The van der Waals surface area contributed by atoms with E-state index in [0.717, 1.165) is 16.9 Å². The largest absolute Gasteiger partial charge is 0.496 e. The topological polar surface area (TPSA) is 38.3 Å². The zero-order chi connectivity index (χ0) is 19.7. The van der Waals surface area contributed by atoms with Crippen LogP contribution >= 0.6 is 0 Å². The van der Waals surface area contributed by atoms with Crippen LogP contribution < -0.4 is 10.1 Å². The van der Waals surface area contributed by atoms with Crippen molar-refractivity contribution in [3.63, 3.8) is 0 Å². The number of carbonyl (C=O) groups excluding carboxylic acids is 1. The molecule has 0 aromatic heterocycles. The monoisotopic (exact) mass is 417 g/mol. The minimum absolute atomic E-state index is 0.